The van der Waals surface area contributed by atoms with Crippen LogP contribution in [0.5, 0.6) is 0 Å². The van der Waals surface area contributed by atoms with Crippen molar-refractivity contribution in [1.82, 2.24) is 5.32 Å². The van der Waals surface area contributed by atoms with Gasteiger partial charge < -0.3 is 5.32 Å². The summed E-state index contributed by atoms with van der Waals surface area (Å²) in [6, 6.07) is 23.6. The Labute approximate surface area is 147 Å². The summed E-state index contributed by atoms with van der Waals surface area (Å²) < 4.78 is 0. The van der Waals surface area contributed by atoms with Crippen LogP contribution in [0, 0.1) is 0 Å². The first-order valence-electron chi connectivity index (χ1n) is 7.29. The number of hydrogen-bond donors (Lipinski definition) is 1. The molecule has 0 unspecified atom stereocenters. The van der Waals surface area contributed by atoms with E-state index < -0.39 is 0 Å². The molecule has 3 aromatic rings. The van der Waals surface area contributed by atoms with Crippen LogP contribution in [0.25, 0.3) is 21.9 Å². The first kappa shape index (κ1) is 15.0. The molecule has 0 aliphatic carbocycles. The van der Waals surface area contributed by atoms with Crippen molar-refractivity contribution < 1.29 is 0 Å². The van der Waals surface area contributed by atoms with Crippen LogP contribution in [-0.4, -0.2) is 18.9 Å². The van der Waals surface area contributed by atoms with Gasteiger partial charge in [-0.25, -0.2) is 0 Å². The molecule has 22 heavy (non-hydrogen) atoms. The number of benzene rings is 3. The molecule has 110 valence electrons. The number of hydrogen-bond acceptors (Lipinski definition) is 2. The maximum absolute atomic E-state index is 4.46. The molecule has 2 nitrogen and oxygen atoms in total. The Morgan fingerprint density at radius 1 is 0.773 bits per heavy atom. The molecule has 1 aliphatic rings. The van der Waals surface area contributed by atoms with E-state index in [-0.39, 0.29) is 24.0 Å². The van der Waals surface area contributed by atoms with Crippen molar-refractivity contribution in [2.24, 2.45) is 4.99 Å². The van der Waals surface area contributed by atoms with Crippen molar-refractivity contribution in [1.29, 1.82) is 0 Å². The van der Waals surface area contributed by atoms with Gasteiger partial charge in [-0.2, -0.15) is 0 Å². The van der Waals surface area contributed by atoms with Crippen LogP contribution < -0.4 is 5.32 Å². The normalized spacial score (nSPS) is 13.4. The predicted molar refractivity (Wildman–Crippen MR) is 104 cm³/mol. The zero-order chi connectivity index (χ0) is 14.1. The molecule has 3 heteroatoms. The second kappa shape index (κ2) is 6.48. The fourth-order valence-corrected chi connectivity index (χ4v) is 2.88. The molecule has 0 bridgehead atoms. The van der Waals surface area contributed by atoms with Crippen LogP contribution in [-0.2, 0) is 0 Å². The molecule has 0 saturated heterocycles. The largest absolute Gasteiger partial charge is 0.368 e. The van der Waals surface area contributed by atoms with Gasteiger partial charge in [0.15, 0.2) is 0 Å². The summed E-state index contributed by atoms with van der Waals surface area (Å²) in [4.78, 5) is 4.46. The van der Waals surface area contributed by atoms with Gasteiger partial charge in [0.1, 0.15) is 5.84 Å². The lowest BCUT2D eigenvalue weighted by atomic mass is 9.97. The van der Waals surface area contributed by atoms with Crippen LogP contribution in [0.3, 0.4) is 0 Å². The van der Waals surface area contributed by atoms with E-state index in [0.717, 1.165) is 24.5 Å². The molecule has 1 heterocycles. The standard InChI is InChI=1S/C19H16N2.HI/c1-2-6-17-14(4-1)5-3-7-18(17)15-8-10-16(11-9-15)19-20-12-13-21-19;/h1-11H,12-13H2,(H,20,21);1H. The number of nitrogens with zero attached hydrogens (tertiary/aromatic N) is 1. The van der Waals surface area contributed by atoms with E-state index >= 15 is 0 Å². The second-order valence-electron chi connectivity index (χ2n) is 5.26. The van der Waals surface area contributed by atoms with Crippen LogP contribution in [0.4, 0.5) is 0 Å². The van der Waals surface area contributed by atoms with E-state index in [4.69, 9.17) is 0 Å². The number of aliphatic imine (C=N–C) groups is 1. The Bertz CT molecular complexity index is 817. The molecule has 4 rings (SSSR count). The Morgan fingerprint density at radius 2 is 1.50 bits per heavy atom. The number of rotatable bonds is 2. The molecule has 0 amide bonds. The van der Waals surface area contributed by atoms with Gasteiger partial charge in [0, 0.05) is 12.1 Å². The number of halogens is 1. The lowest BCUT2D eigenvalue weighted by Gasteiger charge is -2.08. The third-order valence-electron chi connectivity index (χ3n) is 3.93. The lowest BCUT2D eigenvalue weighted by Crippen LogP contribution is -2.19. The minimum atomic E-state index is 0. The van der Waals surface area contributed by atoms with Gasteiger partial charge in [-0.15, -0.1) is 24.0 Å². The zero-order valence-electron chi connectivity index (χ0n) is 12.1. The van der Waals surface area contributed by atoms with E-state index in [1.165, 1.54) is 21.9 Å². The predicted octanol–water partition coefficient (Wildman–Crippen LogP) is 4.47. The van der Waals surface area contributed by atoms with Crippen molar-refractivity contribution in [3.63, 3.8) is 0 Å². The molecule has 1 N–H and O–H groups in total. The highest BCUT2D eigenvalue weighted by Crippen LogP contribution is 2.28. The summed E-state index contributed by atoms with van der Waals surface area (Å²) in [6.45, 7) is 1.82. The summed E-state index contributed by atoms with van der Waals surface area (Å²) in [5, 5.41) is 5.89. The van der Waals surface area contributed by atoms with Gasteiger partial charge in [0.2, 0.25) is 0 Å². The molecule has 0 fully saturated rings. The maximum atomic E-state index is 4.46. The lowest BCUT2D eigenvalue weighted by molar-refractivity contribution is 0.960. The van der Waals surface area contributed by atoms with Crippen LogP contribution >= 0.6 is 24.0 Å². The summed E-state index contributed by atoms with van der Waals surface area (Å²) in [5.74, 6) is 1.01. The number of amidine groups is 1. The quantitative estimate of drug-likeness (QED) is 0.631. The average molecular weight is 400 g/mol. The van der Waals surface area contributed by atoms with Crippen molar-refractivity contribution >= 4 is 40.6 Å². The van der Waals surface area contributed by atoms with Crippen molar-refractivity contribution in [3.8, 4) is 11.1 Å². The molecule has 3 aromatic carbocycles. The fourth-order valence-electron chi connectivity index (χ4n) is 2.88. The monoisotopic (exact) mass is 400 g/mol. The van der Waals surface area contributed by atoms with Crippen molar-refractivity contribution in [3.05, 3.63) is 72.3 Å². The van der Waals surface area contributed by atoms with Crippen LogP contribution in [0.1, 0.15) is 5.56 Å². The first-order chi connectivity index (χ1) is 10.4. The molecule has 0 spiro atoms. The van der Waals surface area contributed by atoms with Crippen molar-refractivity contribution in [2.45, 2.75) is 0 Å². The van der Waals surface area contributed by atoms with Gasteiger partial charge in [-0.3, -0.25) is 4.99 Å². The zero-order valence-corrected chi connectivity index (χ0v) is 14.5. The topological polar surface area (TPSA) is 24.4 Å². The molecular formula is C19H17IN2. The first-order valence-corrected chi connectivity index (χ1v) is 7.29. The highest BCUT2D eigenvalue weighted by molar-refractivity contribution is 14.0. The number of nitrogens with one attached hydrogen (secondary N) is 1. The number of fused-ring (bicyclic) bond motifs is 1. The van der Waals surface area contributed by atoms with Gasteiger partial charge in [-0.1, -0.05) is 66.7 Å². The van der Waals surface area contributed by atoms with Crippen LogP contribution in [0.2, 0.25) is 0 Å². The maximum Gasteiger partial charge on any atom is 0.128 e. The Balaban J connectivity index is 0.00000144. The summed E-state index contributed by atoms with van der Waals surface area (Å²) in [5.41, 5.74) is 3.69. The third kappa shape index (κ3) is 2.73. The van der Waals surface area contributed by atoms with E-state index in [9.17, 15) is 0 Å². The third-order valence-corrected chi connectivity index (χ3v) is 3.93. The van der Waals surface area contributed by atoms with E-state index in [2.05, 4.69) is 77.0 Å². The SMILES string of the molecule is I.c1ccc2c(-c3ccc(C4=NCCN4)cc3)cccc2c1. The van der Waals surface area contributed by atoms with Crippen molar-refractivity contribution in [2.75, 3.05) is 13.1 Å². The summed E-state index contributed by atoms with van der Waals surface area (Å²) >= 11 is 0. The van der Waals surface area contributed by atoms with Gasteiger partial charge in [-0.05, 0) is 21.9 Å². The molecule has 1 aliphatic heterocycles. The summed E-state index contributed by atoms with van der Waals surface area (Å²) in [7, 11) is 0. The van der Waals surface area contributed by atoms with Gasteiger partial charge in [0.25, 0.3) is 0 Å². The smallest absolute Gasteiger partial charge is 0.128 e. The van der Waals surface area contributed by atoms with E-state index in [1.54, 1.807) is 0 Å². The minimum Gasteiger partial charge on any atom is -0.368 e. The Kier molecular flexibility index (Phi) is 4.43. The molecule has 0 saturated carbocycles. The minimum absolute atomic E-state index is 0. The van der Waals surface area contributed by atoms with E-state index in [0.29, 0.717) is 0 Å². The van der Waals surface area contributed by atoms with Gasteiger partial charge in [0.05, 0.1) is 6.54 Å². The second-order valence-corrected chi connectivity index (χ2v) is 5.26. The van der Waals surface area contributed by atoms with Gasteiger partial charge >= 0.3 is 0 Å². The molecule has 0 aromatic heterocycles. The Morgan fingerprint density at radius 3 is 2.27 bits per heavy atom. The molecule has 0 radical (unpaired) electrons. The van der Waals surface area contributed by atoms with Crippen LogP contribution in [0.15, 0.2) is 71.7 Å². The summed E-state index contributed by atoms with van der Waals surface area (Å²) in [6.07, 6.45) is 0. The molecular weight excluding hydrogens is 383 g/mol. The average Bonchev–Trinajstić information content (AvgIpc) is 3.09. The van der Waals surface area contributed by atoms with E-state index in [1.807, 2.05) is 0 Å². The highest BCUT2D eigenvalue weighted by atomic mass is 127. The fraction of sp³-hybridized carbons (Fsp3) is 0.105. The highest BCUT2D eigenvalue weighted by Gasteiger charge is 2.08. The Hall–Kier alpha value is -1.88. The molecule has 0 atom stereocenters.